The van der Waals surface area contributed by atoms with Crippen molar-refractivity contribution in [1.82, 2.24) is 9.78 Å². The Bertz CT molecular complexity index is 1460. The number of anilines is 1. The average molecular weight is 496 g/mol. The highest BCUT2D eigenvalue weighted by Crippen LogP contribution is 2.34. The first-order valence-electron chi connectivity index (χ1n) is 10.7. The molecule has 0 bridgehead atoms. The minimum Gasteiger partial charge on any atom is -0.478 e. The van der Waals surface area contributed by atoms with E-state index >= 15 is 0 Å². The van der Waals surface area contributed by atoms with Gasteiger partial charge in [-0.25, -0.2) is 13.9 Å². The molecule has 0 radical (unpaired) electrons. The zero-order chi connectivity index (χ0) is 26.0. The molecule has 6 nitrogen and oxygen atoms in total. The predicted octanol–water partition coefficient (Wildman–Crippen LogP) is 6.46. The van der Waals surface area contributed by atoms with Crippen molar-refractivity contribution in [1.29, 1.82) is 0 Å². The van der Waals surface area contributed by atoms with Gasteiger partial charge in [0.1, 0.15) is 11.5 Å². The van der Waals surface area contributed by atoms with Gasteiger partial charge in [0.15, 0.2) is 0 Å². The number of benzene rings is 3. The fraction of sp³-hybridized carbons (Fsp3) is 0.115. The van der Waals surface area contributed by atoms with Crippen molar-refractivity contribution in [2.45, 2.75) is 20.0 Å². The number of hydrogen-bond acceptors (Lipinski definition) is 4. The maximum atomic E-state index is 13.5. The summed E-state index contributed by atoms with van der Waals surface area (Å²) < 4.78 is 55.3. The van der Waals surface area contributed by atoms with Crippen LogP contribution in [0.4, 0.5) is 23.2 Å². The summed E-state index contributed by atoms with van der Waals surface area (Å²) in [6, 6.07) is 13.9. The number of aromatic carboxylic acids is 1. The summed E-state index contributed by atoms with van der Waals surface area (Å²) in [5.41, 5.74) is 4.80. The van der Waals surface area contributed by atoms with E-state index in [-0.39, 0.29) is 22.6 Å². The molecule has 36 heavy (non-hydrogen) atoms. The van der Waals surface area contributed by atoms with Crippen LogP contribution in [0.15, 0.2) is 72.0 Å². The summed E-state index contributed by atoms with van der Waals surface area (Å²) in [6.07, 6.45) is -1.56. The molecule has 0 fully saturated rings. The standard InChI is InChI=1S/C26H20F4N4O2/c1-15-9-18(12-20(10-15)26(28,29)30)24-19(13-31-32-21-5-8-23(27)16(2)11-21)14-34(33-24)22-6-3-17(4-7-22)25(35)36/h3-14,32H,1-2H3,(H,35,36)/b31-13+. The van der Waals surface area contributed by atoms with Crippen LogP contribution in [0.3, 0.4) is 0 Å². The maximum absolute atomic E-state index is 13.5. The van der Waals surface area contributed by atoms with Crippen LogP contribution in [-0.4, -0.2) is 27.1 Å². The Hall–Kier alpha value is -4.47. The van der Waals surface area contributed by atoms with E-state index in [9.17, 15) is 22.4 Å². The molecule has 4 rings (SSSR count). The van der Waals surface area contributed by atoms with E-state index in [4.69, 9.17) is 5.11 Å². The minimum absolute atomic E-state index is 0.0835. The molecule has 3 aromatic carbocycles. The SMILES string of the molecule is Cc1cc(-c2nn(-c3ccc(C(=O)O)cc3)cc2/C=N/Nc2ccc(F)c(C)c2)cc(C(F)(F)F)c1. The lowest BCUT2D eigenvalue weighted by Gasteiger charge is -2.10. The van der Waals surface area contributed by atoms with Gasteiger partial charge in [0.05, 0.1) is 28.7 Å². The first-order chi connectivity index (χ1) is 17.0. The van der Waals surface area contributed by atoms with Crippen LogP contribution in [0, 0.1) is 19.7 Å². The van der Waals surface area contributed by atoms with Crippen molar-refractivity contribution >= 4 is 17.9 Å². The third-order valence-corrected chi connectivity index (χ3v) is 5.35. The van der Waals surface area contributed by atoms with Gasteiger partial charge in [-0.15, -0.1) is 0 Å². The largest absolute Gasteiger partial charge is 0.478 e. The fourth-order valence-electron chi connectivity index (χ4n) is 3.57. The number of nitrogens with zero attached hydrogens (tertiary/aromatic N) is 3. The number of carboxylic acids is 1. The summed E-state index contributed by atoms with van der Waals surface area (Å²) >= 11 is 0. The lowest BCUT2D eigenvalue weighted by Crippen LogP contribution is -2.05. The number of carboxylic acid groups (broad SMARTS) is 1. The smallest absolute Gasteiger partial charge is 0.416 e. The molecule has 1 heterocycles. The van der Waals surface area contributed by atoms with Gasteiger partial charge in [-0.1, -0.05) is 0 Å². The van der Waals surface area contributed by atoms with Crippen molar-refractivity contribution in [3.8, 4) is 16.9 Å². The van der Waals surface area contributed by atoms with Crippen LogP contribution in [0.25, 0.3) is 16.9 Å². The Morgan fingerprint density at radius 2 is 1.78 bits per heavy atom. The van der Waals surface area contributed by atoms with Crippen LogP contribution in [0.2, 0.25) is 0 Å². The molecule has 184 valence electrons. The van der Waals surface area contributed by atoms with Crippen LogP contribution in [-0.2, 0) is 6.18 Å². The van der Waals surface area contributed by atoms with Crippen molar-refractivity contribution in [3.05, 3.63) is 100 Å². The van der Waals surface area contributed by atoms with Crippen molar-refractivity contribution in [2.24, 2.45) is 5.10 Å². The van der Waals surface area contributed by atoms with Crippen LogP contribution >= 0.6 is 0 Å². The van der Waals surface area contributed by atoms with E-state index < -0.39 is 17.7 Å². The van der Waals surface area contributed by atoms with Gasteiger partial charge in [-0.05, 0) is 85.6 Å². The molecule has 0 saturated heterocycles. The molecule has 0 atom stereocenters. The predicted molar refractivity (Wildman–Crippen MR) is 128 cm³/mol. The van der Waals surface area contributed by atoms with E-state index in [0.29, 0.717) is 28.1 Å². The molecule has 1 aromatic heterocycles. The highest BCUT2D eigenvalue weighted by Gasteiger charge is 2.31. The highest BCUT2D eigenvalue weighted by atomic mass is 19.4. The molecule has 0 aliphatic heterocycles. The first kappa shape index (κ1) is 24.6. The summed E-state index contributed by atoms with van der Waals surface area (Å²) in [6.45, 7) is 3.17. The number of alkyl halides is 3. The van der Waals surface area contributed by atoms with Crippen molar-refractivity contribution < 1.29 is 27.5 Å². The number of aryl methyl sites for hydroxylation is 2. The van der Waals surface area contributed by atoms with Gasteiger partial charge in [0.2, 0.25) is 0 Å². The number of hydrazone groups is 1. The second-order valence-electron chi connectivity index (χ2n) is 8.15. The summed E-state index contributed by atoms with van der Waals surface area (Å²) in [7, 11) is 0. The van der Waals surface area contributed by atoms with Crippen molar-refractivity contribution in [2.75, 3.05) is 5.43 Å². The molecular formula is C26H20F4N4O2. The lowest BCUT2D eigenvalue weighted by molar-refractivity contribution is -0.137. The normalized spacial score (nSPS) is 11.7. The number of aromatic nitrogens is 2. The third-order valence-electron chi connectivity index (χ3n) is 5.35. The Morgan fingerprint density at radius 1 is 1.06 bits per heavy atom. The first-order valence-corrected chi connectivity index (χ1v) is 10.7. The van der Waals surface area contributed by atoms with Crippen LogP contribution in [0.5, 0.6) is 0 Å². The topological polar surface area (TPSA) is 79.5 Å². The van der Waals surface area contributed by atoms with Gasteiger partial charge in [0.25, 0.3) is 0 Å². The number of nitrogens with one attached hydrogen (secondary N) is 1. The summed E-state index contributed by atoms with van der Waals surface area (Å²) in [5.74, 6) is -1.45. The molecule has 0 spiro atoms. The van der Waals surface area contributed by atoms with Gasteiger partial charge >= 0.3 is 12.1 Å². The maximum Gasteiger partial charge on any atom is 0.416 e. The third kappa shape index (κ3) is 5.43. The molecule has 4 aromatic rings. The number of hydrogen-bond donors (Lipinski definition) is 2. The zero-order valence-corrected chi connectivity index (χ0v) is 19.1. The summed E-state index contributed by atoms with van der Waals surface area (Å²) in [4.78, 5) is 11.2. The highest BCUT2D eigenvalue weighted by molar-refractivity contribution is 5.90. The molecule has 0 aliphatic rings. The van der Waals surface area contributed by atoms with Gasteiger partial charge in [0, 0.05) is 17.3 Å². The Labute approximate surface area is 203 Å². The molecule has 0 amide bonds. The lowest BCUT2D eigenvalue weighted by atomic mass is 10.0. The molecule has 0 aliphatic carbocycles. The Morgan fingerprint density at radius 3 is 2.42 bits per heavy atom. The molecule has 0 saturated carbocycles. The van der Waals surface area contributed by atoms with Crippen LogP contribution in [0.1, 0.15) is 32.6 Å². The second-order valence-corrected chi connectivity index (χ2v) is 8.15. The number of halogens is 4. The molecular weight excluding hydrogens is 476 g/mol. The fourth-order valence-corrected chi connectivity index (χ4v) is 3.57. The molecule has 2 N–H and O–H groups in total. The van der Waals surface area contributed by atoms with Crippen LogP contribution < -0.4 is 5.43 Å². The van der Waals surface area contributed by atoms with E-state index in [2.05, 4.69) is 15.6 Å². The Balaban J connectivity index is 1.76. The molecule has 10 heteroatoms. The van der Waals surface area contributed by atoms with E-state index in [1.807, 2.05) is 0 Å². The van der Waals surface area contributed by atoms with E-state index in [1.54, 1.807) is 32.2 Å². The van der Waals surface area contributed by atoms with E-state index in [0.717, 1.165) is 12.1 Å². The average Bonchev–Trinajstić information content (AvgIpc) is 3.25. The Kier molecular flexibility index (Phi) is 6.61. The summed E-state index contributed by atoms with van der Waals surface area (Å²) in [5, 5.41) is 17.8. The zero-order valence-electron chi connectivity index (χ0n) is 19.1. The van der Waals surface area contributed by atoms with E-state index in [1.165, 1.54) is 47.3 Å². The monoisotopic (exact) mass is 496 g/mol. The quantitative estimate of drug-likeness (QED) is 0.182. The van der Waals surface area contributed by atoms with Gasteiger partial charge in [-0.3, -0.25) is 5.43 Å². The van der Waals surface area contributed by atoms with Gasteiger partial charge < -0.3 is 5.11 Å². The number of rotatable bonds is 6. The molecule has 0 unspecified atom stereocenters. The number of carbonyl (C=O) groups is 1. The van der Waals surface area contributed by atoms with Gasteiger partial charge in [-0.2, -0.15) is 23.4 Å². The van der Waals surface area contributed by atoms with Crippen molar-refractivity contribution in [3.63, 3.8) is 0 Å². The second kappa shape index (κ2) is 9.65. The minimum atomic E-state index is -4.54.